The van der Waals surface area contributed by atoms with Crippen molar-refractivity contribution in [1.82, 2.24) is 19.7 Å². The van der Waals surface area contributed by atoms with Crippen LogP contribution in [0, 0.1) is 0 Å². The van der Waals surface area contributed by atoms with Crippen LogP contribution >= 0.6 is 15.9 Å². The number of carbonyl (C=O) groups is 1. The van der Waals surface area contributed by atoms with Gasteiger partial charge in [0.1, 0.15) is 21.4 Å². The Morgan fingerprint density at radius 3 is 2.52 bits per heavy atom. The van der Waals surface area contributed by atoms with Crippen LogP contribution in [-0.4, -0.2) is 39.7 Å². The number of aryl methyl sites for hydroxylation is 1. The number of pyridine rings is 1. The Kier molecular flexibility index (Phi) is 4.55. The first kappa shape index (κ1) is 16.7. The summed E-state index contributed by atoms with van der Waals surface area (Å²) < 4.78 is 0.947. The Morgan fingerprint density at radius 1 is 1.26 bits per heavy atom. The van der Waals surface area contributed by atoms with Crippen LogP contribution in [0.1, 0.15) is 10.4 Å². The number of hydrogen-bond donors (Lipinski definition) is 3. The highest BCUT2D eigenvalue weighted by Crippen LogP contribution is 2.16. The highest BCUT2D eigenvalue weighted by atomic mass is 79.9. The number of hydrogen-bond acceptors (Lipinski definition) is 5. The minimum atomic E-state index is -0.586. The van der Waals surface area contributed by atoms with Crippen molar-refractivity contribution in [2.75, 3.05) is 19.4 Å². The zero-order chi connectivity index (χ0) is 17.3. The lowest BCUT2D eigenvalue weighted by atomic mass is 10.2. The Hall–Kier alpha value is -2.62. The van der Waals surface area contributed by atoms with Gasteiger partial charge in [0.25, 0.3) is 17.0 Å². The van der Waals surface area contributed by atoms with E-state index in [0.29, 0.717) is 0 Å². The molecule has 1 amide bonds. The van der Waals surface area contributed by atoms with Gasteiger partial charge in [-0.3, -0.25) is 29.0 Å². The molecule has 0 unspecified atom stereocenters. The maximum Gasteiger partial charge on any atom is 0.289 e. The van der Waals surface area contributed by atoms with E-state index in [1.807, 2.05) is 0 Å². The first-order valence-corrected chi connectivity index (χ1v) is 7.22. The van der Waals surface area contributed by atoms with E-state index in [1.54, 1.807) is 0 Å². The standard InChI is InChI=1S/C13H14BrN5O4/c1-18(2)12(22)6-4-15-5-7(10(6)20)16-9-8(14)11(21)17-19(3)13(9)23/h4-5,16H,1-3H3,(H,15,20)(H,17,21). The highest BCUT2D eigenvalue weighted by Gasteiger charge is 2.17. The fourth-order valence-corrected chi connectivity index (χ4v) is 2.20. The molecule has 0 aliphatic heterocycles. The number of nitrogens with one attached hydrogen (secondary N) is 3. The van der Waals surface area contributed by atoms with E-state index in [0.717, 1.165) is 4.68 Å². The number of anilines is 2. The van der Waals surface area contributed by atoms with Gasteiger partial charge >= 0.3 is 0 Å². The summed E-state index contributed by atoms with van der Waals surface area (Å²) in [6.07, 6.45) is 2.59. The Morgan fingerprint density at radius 2 is 1.91 bits per heavy atom. The van der Waals surface area contributed by atoms with Crippen LogP contribution in [0.5, 0.6) is 0 Å². The highest BCUT2D eigenvalue weighted by molar-refractivity contribution is 9.10. The van der Waals surface area contributed by atoms with Gasteiger partial charge in [-0.1, -0.05) is 0 Å². The van der Waals surface area contributed by atoms with E-state index >= 15 is 0 Å². The largest absolute Gasteiger partial charge is 0.365 e. The van der Waals surface area contributed by atoms with Gasteiger partial charge in [-0.15, -0.1) is 0 Å². The molecule has 10 heteroatoms. The first-order valence-electron chi connectivity index (χ1n) is 6.42. The molecule has 0 bridgehead atoms. The van der Waals surface area contributed by atoms with E-state index in [4.69, 9.17) is 0 Å². The third kappa shape index (κ3) is 3.11. The maximum absolute atomic E-state index is 12.4. The first-order chi connectivity index (χ1) is 10.7. The molecular formula is C13H14BrN5O4. The number of aromatic nitrogens is 3. The lowest BCUT2D eigenvalue weighted by molar-refractivity contribution is 0.0826. The second kappa shape index (κ2) is 6.24. The van der Waals surface area contributed by atoms with Gasteiger partial charge in [0, 0.05) is 33.5 Å². The third-order valence-corrected chi connectivity index (χ3v) is 3.80. The Bertz CT molecular complexity index is 941. The second-order valence-electron chi connectivity index (χ2n) is 4.93. The monoisotopic (exact) mass is 383 g/mol. The average Bonchev–Trinajstić information content (AvgIpc) is 2.50. The Labute approximate surface area is 138 Å². The molecule has 3 N–H and O–H groups in total. The molecule has 0 spiro atoms. The van der Waals surface area contributed by atoms with Crippen LogP contribution in [-0.2, 0) is 7.05 Å². The second-order valence-corrected chi connectivity index (χ2v) is 5.72. The van der Waals surface area contributed by atoms with Crippen LogP contribution in [0.3, 0.4) is 0 Å². The van der Waals surface area contributed by atoms with Crippen molar-refractivity contribution in [3.05, 3.63) is 53.4 Å². The molecule has 9 nitrogen and oxygen atoms in total. The molecule has 2 aromatic rings. The van der Waals surface area contributed by atoms with Crippen LogP contribution in [0.25, 0.3) is 0 Å². The molecule has 23 heavy (non-hydrogen) atoms. The van der Waals surface area contributed by atoms with Gasteiger partial charge in [0.15, 0.2) is 0 Å². The summed E-state index contributed by atoms with van der Waals surface area (Å²) in [6.45, 7) is 0. The van der Waals surface area contributed by atoms with Crippen molar-refractivity contribution in [3.8, 4) is 0 Å². The van der Waals surface area contributed by atoms with Gasteiger partial charge in [-0.2, -0.15) is 0 Å². The molecule has 0 atom stereocenters. The molecule has 0 aliphatic rings. The lowest BCUT2D eigenvalue weighted by Gasteiger charge is -2.12. The topological polar surface area (TPSA) is 120 Å². The van der Waals surface area contributed by atoms with Crippen molar-refractivity contribution in [3.63, 3.8) is 0 Å². The molecule has 0 saturated carbocycles. The summed E-state index contributed by atoms with van der Waals surface area (Å²) in [4.78, 5) is 52.1. The van der Waals surface area contributed by atoms with Crippen molar-refractivity contribution < 1.29 is 4.79 Å². The number of halogens is 1. The van der Waals surface area contributed by atoms with Crippen LogP contribution in [0.2, 0.25) is 0 Å². The molecule has 0 aliphatic carbocycles. The number of H-pyrrole nitrogens is 2. The average molecular weight is 384 g/mol. The van der Waals surface area contributed by atoms with Gasteiger partial charge < -0.3 is 15.2 Å². The molecule has 0 fully saturated rings. The summed E-state index contributed by atoms with van der Waals surface area (Å²) in [5.74, 6) is -0.479. The molecule has 0 aromatic carbocycles. The van der Waals surface area contributed by atoms with Crippen LogP contribution in [0.4, 0.5) is 11.4 Å². The van der Waals surface area contributed by atoms with Crippen molar-refractivity contribution in [2.24, 2.45) is 7.05 Å². The van der Waals surface area contributed by atoms with Crippen molar-refractivity contribution >= 4 is 33.2 Å². The van der Waals surface area contributed by atoms with E-state index < -0.39 is 22.5 Å². The zero-order valence-electron chi connectivity index (χ0n) is 12.6. The molecule has 2 aromatic heterocycles. The van der Waals surface area contributed by atoms with E-state index in [9.17, 15) is 19.2 Å². The summed E-state index contributed by atoms with van der Waals surface area (Å²) >= 11 is 3.01. The number of nitrogens with zero attached hydrogens (tertiary/aromatic N) is 2. The third-order valence-electron chi connectivity index (χ3n) is 3.05. The van der Waals surface area contributed by atoms with E-state index in [1.165, 1.54) is 38.4 Å². The smallest absolute Gasteiger partial charge is 0.289 e. The minimum absolute atomic E-state index is 0.0268. The van der Waals surface area contributed by atoms with Crippen molar-refractivity contribution in [2.45, 2.75) is 0 Å². The predicted octanol–water partition coefficient (Wildman–Crippen LogP) is -0.0302. The quantitative estimate of drug-likeness (QED) is 0.687. The summed E-state index contributed by atoms with van der Waals surface area (Å²) in [7, 11) is 4.41. The van der Waals surface area contributed by atoms with E-state index in [2.05, 4.69) is 31.3 Å². The van der Waals surface area contributed by atoms with E-state index in [-0.39, 0.29) is 21.4 Å². The van der Waals surface area contributed by atoms with Gasteiger partial charge in [0.05, 0.1) is 0 Å². The normalized spacial score (nSPS) is 10.4. The molecule has 0 radical (unpaired) electrons. The summed E-state index contributed by atoms with van der Waals surface area (Å²) in [5.41, 5.74) is -1.88. The van der Waals surface area contributed by atoms with Gasteiger partial charge in [-0.25, -0.2) is 0 Å². The van der Waals surface area contributed by atoms with Crippen LogP contribution in [0.15, 0.2) is 31.3 Å². The fraction of sp³-hybridized carbons (Fsp3) is 0.231. The number of aromatic amines is 2. The zero-order valence-corrected chi connectivity index (χ0v) is 14.1. The molecule has 2 heterocycles. The molecule has 0 saturated heterocycles. The molecular weight excluding hydrogens is 370 g/mol. The predicted molar refractivity (Wildman–Crippen MR) is 88.4 cm³/mol. The molecule has 2 rings (SSSR count). The number of rotatable bonds is 3. The van der Waals surface area contributed by atoms with Crippen LogP contribution < -0.4 is 21.9 Å². The lowest BCUT2D eigenvalue weighted by Crippen LogP contribution is -2.32. The summed E-state index contributed by atoms with van der Waals surface area (Å²) in [5, 5.41) is 4.92. The van der Waals surface area contributed by atoms with Gasteiger partial charge in [0.2, 0.25) is 5.43 Å². The maximum atomic E-state index is 12.4. The number of amides is 1. The fourth-order valence-electron chi connectivity index (χ4n) is 1.85. The van der Waals surface area contributed by atoms with Gasteiger partial charge in [-0.05, 0) is 15.9 Å². The summed E-state index contributed by atoms with van der Waals surface area (Å²) in [6, 6.07) is 0. The number of carbonyl (C=O) groups excluding carboxylic acids is 1. The SMILES string of the molecule is CN(C)C(=O)c1c[nH]cc(Nc2c(Br)c(=O)[nH]n(C)c2=O)c1=O. The Balaban J connectivity index is 2.58. The minimum Gasteiger partial charge on any atom is -0.365 e. The van der Waals surface area contributed by atoms with Crippen molar-refractivity contribution in [1.29, 1.82) is 0 Å². The molecule has 122 valence electrons.